The van der Waals surface area contributed by atoms with Crippen LogP contribution < -0.4 is 4.90 Å². The highest BCUT2D eigenvalue weighted by atomic mass is 19.4. The second-order valence-corrected chi connectivity index (χ2v) is 8.28. The first-order chi connectivity index (χ1) is 13.3. The summed E-state index contributed by atoms with van der Waals surface area (Å²) in [5.41, 5.74) is -0.790. The average Bonchev–Trinajstić information content (AvgIpc) is 3.18. The number of hydrogen-bond donors (Lipinski definition) is 0. The van der Waals surface area contributed by atoms with Gasteiger partial charge in [-0.25, -0.2) is 4.98 Å². The van der Waals surface area contributed by atoms with Crippen molar-refractivity contribution < 1.29 is 22.7 Å². The molecule has 1 atom stereocenters. The maximum atomic E-state index is 12.9. The van der Waals surface area contributed by atoms with Gasteiger partial charge in [-0.15, -0.1) is 0 Å². The molecular weight excluding hydrogens is 371 g/mol. The number of aromatic nitrogens is 1. The molecule has 0 radical (unpaired) electrons. The number of piperidine rings is 2. The van der Waals surface area contributed by atoms with Crippen LogP contribution in [0.4, 0.5) is 19.0 Å². The van der Waals surface area contributed by atoms with Gasteiger partial charge in [0.15, 0.2) is 0 Å². The van der Waals surface area contributed by atoms with Gasteiger partial charge in [0.05, 0.1) is 6.10 Å². The van der Waals surface area contributed by atoms with Crippen LogP contribution in [0.5, 0.6) is 0 Å². The van der Waals surface area contributed by atoms with Crippen molar-refractivity contribution in [1.29, 1.82) is 0 Å². The molecule has 0 N–H and O–H groups in total. The SMILES string of the molecule is O=C1CCC2(CCN(c3cccc(C(F)(F)F)n3)CC2)CN1C[C@H]1CCCO1. The monoisotopic (exact) mass is 397 g/mol. The molecule has 0 unspecified atom stereocenters. The summed E-state index contributed by atoms with van der Waals surface area (Å²) in [5, 5.41) is 0. The van der Waals surface area contributed by atoms with Crippen LogP contribution in [0, 0.1) is 5.41 Å². The molecule has 4 rings (SSSR count). The third-order valence-electron chi connectivity index (χ3n) is 6.37. The van der Waals surface area contributed by atoms with Crippen LogP contribution in [0.25, 0.3) is 0 Å². The fourth-order valence-electron chi connectivity index (χ4n) is 4.68. The van der Waals surface area contributed by atoms with Crippen LogP contribution >= 0.6 is 0 Å². The van der Waals surface area contributed by atoms with E-state index in [-0.39, 0.29) is 17.4 Å². The third kappa shape index (κ3) is 4.11. The van der Waals surface area contributed by atoms with Crippen LogP contribution in [-0.2, 0) is 15.7 Å². The molecule has 5 nitrogen and oxygen atoms in total. The van der Waals surface area contributed by atoms with Crippen molar-refractivity contribution in [2.75, 3.05) is 37.7 Å². The molecule has 1 aromatic heterocycles. The molecule has 0 saturated carbocycles. The van der Waals surface area contributed by atoms with Crippen LogP contribution in [0.1, 0.15) is 44.2 Å². The van der Waals surface area contributed by atoms with E-state index in [1.807, 2.05) is 9.80 Å². The Balaban J connectivity index is 1.39. The number of carbonyl (C=O) groups excluding carboxylic acids is 1. The molecule has 0 aliphatic carbocycles. The van der Waals surface area contributed by atoms with E-state index in [0.717, 1.165) is 51.3 Å². The first kappa shape index (κ1) is 19.5. The first-order valence-electron chi connectivity index (χ1n) is 10.0. The number of anilines is 1. The highest BCUT2D eigenvalue weighted by Crippen LogP contribution is 2.41. The van der Waals surface area contributed by atoms with Gasteiger partial charge in [-0.2, -0.15) is 13.2 Å². The van der Waals surface area contributed by atoms with Crippen molar-refractivity contribution in [2.45, 2.75) is 50.8 Å². The van der Waals surface area contributed by atoms with Gasteiger partial charge in [0.1, 0.15) is 11.5 Å². The number of alkyl halides is 3. The second kappa shape index (κ2) is 7.54. The Labute approximate surface area is 162 Å². The fourth-order valence-corrected chi connectivity index (χ4v) is 4.68. The number of amides is 1. The zero-order chi connectivity index (χ0) is 19.8. The summed E-state index contributed by atoms with van der Waals surface area (Å²) in [6, 6.07) is 4.06. The first-order valence-corrected chi connectivity index (χ1v) is 10.0. The van der Waals surface area contributed by atoms with E-state index >= 15 is 0 Å². The van der Waals surface area contributed by atoms with Crippen LogP contribution in [0.15, 0.2) is 18.2 Å². The highest BCUT2D eigenvalue weighted by molar-refractivity contribution is 5.77. The summed E-state index contributed by atoms with van der Waals surface area (Å²) in [4.78, 5) is 20.1. The topological polar surface area (TPSA) is 45.7 Å². The standard InChI is InChI=1S/C20H26F3N3O2/c21-20(22,23)16-4-1-5-17(24-16)25-10-8-19(9-11-25)7-6-18(27)26(14-19)13-15-3-2-12-28-15/h1,4-5,15H,2-3,6-14H2/t15-/m1/s1. The molecule has 0 bridgehead atoms. The lowest BCUT2D eigenvalue weighted by molar-refractivity contribution is -0.141. The van der Waals surface area contributed by atoms with Gasteiger partial charge in [-0.05, 0) is 49.7 Å². The van der Waals surface area contributed by atoms with Gasteiger partial charge in [0, 0.05) is 39.2 Å². The fraction of sp³-hybridized carbons (Fsp3) is 0.700. The summed E-state index contributed by atoms with van der Waals surface area (Å²) in [7, 11) is 0. The van der Waals surface area contributed by atoms with E-state index in [9.17, 15) is 18.0 Å². The van der Waals surface area contributed by atoms with E-state index in [4.69, 9.17) is 4.74 Å². The van der Waals surface area contributed by atoms with E-state index in [0.29, 0.717) is 31.9 Å². The lowest BCUT2D eigenvalue weighted by Crippen LogP contribution is -2.53. The third-order valence-corrected chi connectivity index (χ3v) is 6.37. The molecule has 154 valence electrons. The summed E-state index contributed by atoms with van der Waals surface area (Å²) in [6.07, 6.45) is 0.906. The van der Waals surface area contributed by atoms with Crippen LogP contribution in [-0.4, -0.2) is 54.7 Å². The zero-order valence-corrected chi connectivity index (χ0v) is 15.9. The number of pyridine rings is 1. The molecule has 8 heteroatoms. The minimum Gasteiger partial charge on any atom is -0.376 e. The minimum absolute atomic E-state index is 0.0602. The van der Waals surface area contributed by atoms with Crippen molar-refractivity contribution in [2.24, 2.45) is 5.41 Å². The molecule has 28 heavy (non-hydrogen) atoms. The molecule has 1 aromatic rings. The summed E-state index contributed by atoms with van der Waals surface area (Å²) in [6.45, 7) is 3.50. The van der Waals surface area contributed by atoms with Crippen molar-refractivity contribution in [3.63, 3.8) is 0 Å². The number of nitrogens with zero attached hydrogens (tertiary/aromatic N) is 3. The molecule has 0 aromatic carbocycles. The number of carbonyl (C=O) groups is 1. The summed E-state index contributed by atoms with van der Waals surface area (Å²) >= 11 is 0. The van der Waals surface area contributed by atoms with Crippen molar-refractivity contribution in [1.82, 2.24) is 9.88 Å². The summed E-state index contributed by atoms with van der Waals surface area (Å²) < 4.78 is 44.5. The number of likely N-dealkylation sites (tertiary alicyclic amines) is 1. The van der Waals surface area contributed by atoms with Crippen molar-refractivity contribution >= 4 is 11.7 Å². The van der Waals surface area contributed by atoms with Gasteiger partial charge in [-0.3, -0.25) is 4.79 Å². The smallest absolute Gasteiger partial charge is 0.376 e. The molecule has 3 aliphatic rings. The molecular formula is C20H26F3N3O2. The number of rotatable bonds is 3. The van der Waals surface area contributed by atoms with Gasteiger partial charge in [0.2, 0.25) is 5.91 Å². The maximum absolute atomic E-state index is 12.9. The van der Waals surface area contributed by atoms with Gasteiger partial charge < -0.3 is 14.5 Å². The molecule has 1 amide bonds. The van der Waals surface area contributed by atoms with Crippen molar-refractivity contribution in [3.05, 3.63) is 23.9 Å². The molecule has 4 heterocycles. The molecule has 3 saturated heterocycles. The maximum Gasteiger partial charge on any atom is 0.433 e. The lowest BCUT2D eigenvalue weighted by Gasteiger charge is -2.48. The Bertz CT molecular complexity index is 711. The number of hydrogen-bond acceptors (Lipinski definition) is 4. The molecule has 3 aliphatic heterocycles. The Morgan fingerprint density at radius 2 is 2.00 bits per heavy atom. The predicted octanol–water partition coefficient (Wildman–Crippen LogP) is 3.49. The largest absolute Gasteiger partial charge is 0.433 e. The normalized spacial score (nSPS) is 25.5. The molecule has 3 fully saturated rings. The average molecular weight is 397 g/mol. The van der Waals surface area contributed by atoms with Crippen molar-refractivity contribution in [3.8, 4) is 0 Å². The Morgan fingerprint density at radius 1 is 1.21 bits per heavy atom. The quantitative estimate of drug-likeness (QED) is 0.783. The van der Waals surface area contributed by atoms with E-state index in [1.165, 1.54) is 6.07 Å². The van der Waals surface area contributed by atoms with E-state index in [1.54, 1.807) is 6.07 Å². The van der Waals surface area contributed by atoms with E-state index in [2.05, 4.69) is 4.98 Å². The number of halogens is 3. The lowest BCUT2D eigenvalue weighted by atomic mass is 9.72. The minimum atomic E-state index is -4.43. The Hall–Kier alpha value is -1.83. The highest BCUT2D eigenvalue weighted by Gasteiger charge is 2.42. The number of ether oxygens (including phenoxy) is 1. The van der Waals surface area contributed by atoms with Gasteiger partial charge in [-0.1, -0.05) is 6.07 Å². The molecule has 1 spiro atoms. The Morgan fingerprint density at radius 3 is 2.68 bits per heavy atom. The summed E-state index contributed by atoms with van der Waals surface area (Å²) in [5.74, 6) is 0.580. The van der Waals surface area contributed by atoms with Gasteiger partial charge >= 0.3 is 6.18 Å². The van der Waals surface area contributed by atoms with Gasteiger partial charge in [0.25, 0.3) is 0 Å². The predicted molar refractivity (Wildman–Crippen MR) is 97.9 cm³/mol. The van der Waals surface area contributed by atoms with Crippen LogP contribution in [0.3, 0.4) is 0 Å². The van der Waals surface area contributed by atoms with E-state index < -0.39 is 11.9 Å². The van der Waals surface area contributed by atoms with Crippen LogP contribution in [0.2, 0.25) is 0 Å². The zero-order valence-electron chi connectivity index (χ0n) is 15.9. The second-order valence-electron chi connectivity index (χ2n) is 8.28. The Kier molecular flexibility index (Phi) is 5.24.